The molecule has 21 heavy (non-hydrogen) atoms. The Morgan fingerprint density at radius 2 is 2.19 bits per heavy atom. The number of anilines is 1. The molecule has 0 N–H and O–H groups in total. The zero-order chi connectivity index (χ0) is 14.3. The number of para-hydroxylation sites is 1. The molecule has 2 aliphatic heterocycles. The molecule has 0 saturated carbocycles. The van der Waals surface area contributed by atoms with Gasteiger partial charge in [0.05, 0.1) is 12.1 Å². The Kier molecular flexibility index (Phi) is 3.11. The second-order valence-electron chi connectivity index (χ2n) is 6.48. The highest BCUT2D eigenvalue weighted by atomic mass is 16.5. The summed E-state index contributed by atoms with van der Waals surface area (Å²) >= 11 is 0. The predicted octanol–water partition coefficient (Wildman–Crippen LogP) is 3.41. The molecular weight excluding hydrogens is 260 g/mol. The van der Waals surface area contributed by atoms with Gasteiger partial charge in [-0.2, -0.15) is 0 Å². The molecule has 3 nitrogen and oxygen atoms in total. The molecule has 1 unspecified atom stereocenters. The second kappa shape index (κ2) is 4.99. The molecule has 2 saturated heterocycles. The fraction of sp³-hybridized carbons (Fsp3) is 0.500. The van der Waals surface area contributed by atoms with Gasteiger partial charge in [0.25, 0.3) is 0 Å². The number of aromatic nitrogens is 1. The van der Waals surface area contributed by atoms with E-state index in [0.717, 1.165) is 38.2 Å². The van der Waals surface area contributed by atoms with Crippen molar-refractivity contribution in [3.05, 3.63) is 36.0 Å². The normalized spacial score (nSPS) is 25.3. The minimum Gasteiger partial charge on any atom is -0.381 e. The van der Waals surface area contributed by atoms with Crippen LogP contribution in [0.15, 0.2) is 30.3 Å². The topological polar surface area (TPSA) is 25.4 Å². The number of aryl methyl sites for hydroxylation is 1. The zero-order valence-electron chi connectivity index (χ0n) is 12.6. The molecular formula is C18H22N2O. The molecule has 1 spiro atoms. The van der Waals surface area contributed by atoms with E-state index in [4.69, 9.17) is 9.72 Å². The second-order valence-corrected chi connectivity index (χ2v) is 6.48. The Morgan fingerprint density at radius 3 is 3.00 bits per heavy atom. The lowest BCUT2D eigenvalue weighted by atomic mass is 9.87. The van der Waals surface area contributed by atoms with E-state index in [1.807, 2.05) is 0 Å². The van der Waals surface area contributed by atoms with Gasteiger partial charge in [0.2, 0.25) is 0 Å². The van der Waals surface area contributed by atoms with Gasteiger partial charge < -0.3 is 9.64 Å². The maximum absolute atomic E-state index is 5.66. The molecule has 0 amide bonds. The minimum atomic E-state index is 0.400. The van der Waals surface area contributed by atoms with Crippen LogP contribution in [0.4, 0.5) is 5.69 Å². The number of fused-ring (bicyclic) bond motifs is 1. The number of benzene rings is 1. The Morgan fingerprint density at radius 1 is 1.29 bits per heavy atom. The molecule has 0 aliphatic carbocycles. The first-order valence-electron chi connectivity index (χ1n) is 8.01. The van der Waals surface area contributed by atoms with Crippen molar-refractivity contribution in [2.45, 2.75) is 26.2 Å². The first kappa shape index (κ1) is 13.1. The summed E-state index contributed by atoms with van der Waals surface area (Å²) in [5, 5.41) is 1.28. The van der Waals surface area contributed by atoms with Gasteiger partial charge in [0, 0.05) is 41.9 Å². The maximum atomic E-state index is 5.66. The van der Waals surface area contributed by atoms with Crippen molar-refractivity contribution >= 4 is 16.6 Å². The van der Waals surface area contributed by atoms with Gasteiger partial charge >= 0.3 is 0 Å². The van der Waals surface area contributed by atoms with Crippen LogP contribution in [0.2, 0.25) is 0 Å². The molecule has 2 fully saturated rings. The Bertz CT molecular complexity index is 661. The average molecular weight is 282 g/mol. The van der Waals surface area contributed by atoms with Crippen molar-refractivity contribution in [3.63, 3.8) is 0 Å². The third-order valence-corrected chi connectivity index (χ3v) is 5.07. The average Bonchev–Trinajstić information content (AvgIpc) is 3.16. The Hall–Kier alpha value is -1.61. The van der Waals surface area contributed by atoms with Crippen LogP contribution in [0.5, 0.6) is 0 Å². The van der Waals surface area contributed by atoms with Crippen LogP contribution in [0.25, 0.3) is 10.9 Å². The van der Waals surface area contributed by atoms with Crippen LogP contribution in [0.1, 0.15) is 25.5 Å². The summed E-state index contributed by atoms with van der Waals surface area (Å²) in [4.78, 5) is 7.32. The quantitative estimate of drug-likeness (QED) is 0.844. The lowest BCUT2D eigenvalue weighted by Gasteiger charge is -2.25. The molecule has 2 aliphatic rings. The number of nitrogens with zero attached hydrogens (tertiary/aromatic N) is 2. The summed E-state index contributed by atoms with van der Waals surface area (Å²) in [6.07, 6.45) is 3.46. The molecule has 4 rings (SSSR count). The van der Waals surface area contributed by atoms with Crippen LogP contribution in [0.3, 0.4) is 0 Å². The summed E-state index contributed by atoms with van der Waals surface area (Å²) in [5.74, 6) is 0. The fourth-order valence-electron chi connectivity index (χ4n) is 3.77. The summed E-state index contributed by atoms with van der Waals surface area (Å²) in [5.41, 5.74) is 4.07. The lowest BCUT2D eigenvalue weighted by Crippen LogP contribution is -2.27. The van der Waals surface area contributed by atoms with Crippen LogP contribution in [-0.2, 0) is 11.2 Å². The number of rotatable bonds is 2. The highest BCUT2D eigenvalue weighted by Crippen LogP contribution is 2.41. The third kappa shape index (κ3) is 2.20. The molecule has 110 valence electrons. The highest BCUT2D eigenvalue weighted by molar-refractivity contribution is 5.92. The molecule has 1 aromatic heterocycles. The molecule has 3 heteroatoms. The van der Waals surface area contributed by atoms with E-state index >= 15 is 0 Å². The summed E-state index contributed by atoms with van der Waals surface area (Å²) in [7, 11) is 0. The number of pyridine rings is 1. The SMILES string of the molecule is CCc1cc(N2CCC3(CCOC3)C2)c2ccccc2n1. The van der Waals surface area contributed by atoms with Crippen LogP contribution < -0.4 is 4.90 Å². The number of hydrogen-bond acceptors (Lipinski definition) is 3. The maximum Gasteiger partial charge on any atom is 0.0726 e. The largest absolute Gasteiger partial charge is 0.381 e. The van der Waals surface area contributed by atoms with Crippen LogP contribution in [0, 0.1) is 5.41 Å². The summed E-state index contributed by atoms with van der Waals surface area (Å²) in [6.45, 7) is 6.32. The zero-order valence-corrected chi connectivity index (χ0v) is 12.6. The van der Waals surface area contributed by atoms with Crippen molar-refractivity contribution < 1.29 is 4.74 Å². The van der Waals surface area contributed by atoms with E-state index in [2.05, 4.69) is 42.2 Å². The highest BCUT2D eigenvalue weighted by Gasteiger charge is 2.41. The van der Waals surface area contributed by atoms with Crippen LogP contribution >= 0.6 is 0 Å². The third-order valence-electron chi connectivity index (χ3n) is 5.07. The van der Waals surface area contributed by atoms with E-state index in [0.29, 0.717) is 5.41 Å². The molecule has 1 atom stereocenters. The first-order valence-corrected chi connectivity index (χ1v) is 8.01. The van der Waals surface area contributed by atoms with Crippen molar-refractivity contribution in [2.75, 3.05) is 31.2 Å². The van der Waals surface area contributed by atoms with E-state index in [9.17, 15) is 0 Å². The smallest absolute Gasteiger partial charge is 0.0726 e. The van der Waals surface area contributed by atoms with Crippen molar-refractivity contribution in [1.29, 1.82) is 0 Å². The molecule has 1 aromatic carbocycles. The molecule has 0 radical (unpaired) electrons. The van der Waals surface area contributed by atoms with Crippen molar-refractivity contribution in [1.82, 2.24) is 4.98 Å². The lowest BCUT2D eigenvalue weighted by molar-refractivity contribution is 0.160. The minimum absolute atomic E-state index is 0.400. The van der Waals surface area contributed by atoms with E-state index < -0.39 is 0 Å². The van der Waals surface area contributed by atoms with Gasteiger partial charge in [-0.1, -0.05) is 25.1 Å². The standard InChI is InChI=1S/C18H22N2O/c1-2-14-11-17(15-5-3-4-6-16(15)19-14)20-9-7-18(12-20)8-10-21-13-18/h3-6,11H,2,7-10,12-13H2,1H3. The fourth-order valence-corrected chi connectivity index (χ4v) is 3.77. The Balaban J connectivity index is 1.76. The monoisotopic (exact) mass is 282 g/mol. The van der Waals surface area contributed by atoms with Gasteiger partial charge in [-0.25, -0.2) is 0 Å². The van der Waals surface area contributed by atoms with Gasteiger partial charge in [-0.05, 0) is 31.4 Å². The number of hydrogen-bond donors (Lipinski definition) is 0. The predicted molar refractivity (Wildman–Crippen MR) is 85.8 cm³/mol. The van der Waals surface area contributed by atoms with Gasteiger partial charge in [-0.15, -0.1) is 0 Å². The molecule has 3 heterocycles. The van der Waals surface area contributed by atoms with Crippen molar-refractivity contribution in [2.24, 2.45) is 5.41 Å². The van der Waals surface area contributed by atoms with Gasteiger partial charge in [-0.3, -0.25) is 4.98 Å². The van der Waals surface area contributed by atoms with Crippen molar-refractivity contribution in [3.8, 4) is 0 Å². The van der Waals surface area contributed by atoms with Crippen LogP contribution in [-0.4, -0.2) is 31.3 Å². The summed E-state index contributed by atoms with van der Waals surface area (Å²) in [6, 6.07) is 10.8. The first-order chi connectivity index (χ1) is 10.3. The molecule has 0 bridgehead atoms. The number of ether oxygens (including phenoxy) is 1. The molecule has 2 aromatic rings. The van der Waals surface area contributed by atoms with E-state index in [-0.39, 0.29) is 0 Å². The summed E-state index contributed by atoms with van der Waals surface area (Å²) < 4.78 is 5.66. The van der Waals surface area contributed by atoms with E-state index in [1.165, 1.54) is 29.6 Å². The Labute approximate surface area is 125 Å². The van der Waals surface area contributed by atoms with E-state index in [1.54, 1.807) is 0 Å². The van der Waals surface area contributed by atoms with Gasteiger partial charge in [0.15, 0.2) is 0 Å². The van der Waals surface area contributed by atoms with Gasteiger partial charge in [0.1, 0.15) is 0 Å².